The molecule has 1 aromatic heterocycles. The smallest absolute Gasteiger partial charge is 0.303 e. The van der Waals surface area contributed by atoms with Crippen LogP contribution in [-0.4, -0.2) is 17.0 Å². The van der Waals surface area contributed by atoms with Crippen molar-refractivity contribution in [3.8, 4) is 0 Å². The molecule has 2 rings (SSSR count). The van der Waals surface area contributed by atoms with Gasteiger partial charge in [-0.25, -0.2) is 0 Å². The zero-order valence-corrected chi connectivity index (χ0v) is 12.6. The van der Waals surface area contributed by atoms with Gasteiger partial charge in [0.2, 0.25) is 0 Å². The standard InChI is InChI=1S/C16H17NO3S/c1-2-13-7-8-14(21-13)16(20)17-12-5-3-4-11(10-12)6-9-15(18)19/h3-5,7-8,10H,2,6,9H2,1H3,(H,17,20)(H,18,19). The van der Waals surface area contributed by atoms with Crippen LogP contribution in [0.25, 0.3) is 0 Å². The van der Waals surface area contributed by atoms with Crippen molar-refractivity contribution in [3.63, 3.8) is 0 Å². The highest BCUT2D eigenvalue weighted by molar-refractivity contribution is 7.14. The molecule has 5 heteroatoms. The van der Waals surface area contributed by atoms with Gasteiger partial charge in [-0.1, -0.05) is 19.1 Å². The van der Waals surface area contributed by atoms with Gasteiger partial charge in [-0.05, 0) is 42.7 Å². The van der Waals surface area contributed by atoms with E-state index in [0.717, 1.165) is 12.0 Å². The third kappa shape index (κ3) is 4.43. The molecule has 0 saturated heterocycles. The van der Waals surface area contributed by atoms with Crippen LogP contribution in [-0.2, 0) is 17.6 Å². The zero-order valence-electron chi connectivity index (χ0n) is 11.8. The summed E-state index contributed by atoms with van der Waals surface area (Å²) < 4.78 is 0. The number of hydrogen-bond acceptors (Lipinski definition) is 3. The molecule has 2 aromatic rings. The SMILES string of the molecule is CCc1ccc(C(=O)Nc2cccc(CCC(=O)O)c2)s1. The summed E-state index contributed by atoms with van der Waals surface area (Å²) in [5.41, 5.74) is 1.59. The van der Waals surface area contributed by atoms with E-state index in [1.807, 2.05) is 30.3 Å². The van der Waals surface area contributed by atoms with Gasteiger partial charge in [-0.2, -0.15) is 0 Å². The van der Waals surface area contributed by atoms with Gasteiger partial charge in [0.25, 0.3) is 5.91 Å². The van der Waals surface area contributed by atoms with Crippen molar-refractivity contribution in [1.82, 2.24) is 0 Å². The molecule has 0 fully saturated rings. The van der Waals surface area contributed by atoms with Gasteiger partial charge in [0, 0.05) is 17.0 Å². The molecule has 1 heterocycles. The van der Waals surface area contributed by atoms with E-state index in [0.29, 0.717) is 17.0 Å². The molecule has 21 heavy (non-hydrogen) atoms. The van der Waals surface area contributed by atoms with Crippen LogP contribution in [0.1, 0.15) is 33.5 Å². The molecule has 0 aliphatic heterocycles. The molecule has 2 N–H and O–H groups in total. The van der Waals surface area contributed by atoms with Crippen molar-refractivity contribution in [2.45, 2.75) is 26.2 Å². The minimum atomic E-state index is -0.824. The van der Waals surface area contributed by atoms with Crippen LogP contribution in [0.15, 0.2) is 36.4 Å². The Hall–Kier alpha value is -2.14. The Morgan fingerprint density at radius 1 is 1.24 bits per heavy atom. The average molecular weight is 303 g/mol. The molecule has 0 unspecified atom stereocenters. The lowest BCUT2D eigenvalue weighted by atomic mass is 10.1. The summed E-state index contributed by atoms with van der Waals surface area (Å²) in [4.78, 5) is 24.6. The molecular formula is C16H17NO3S. The maximum absolute atomic E-state index is 12.1. The molecule has 0 aliphatic carbocycles. The number of aryl methyl sites for hydroxylation is 2. The number of hydrogen-bond donors (Lipinski definition) is 2. The van der Waals surface area contributed by atoms with Crippen molar-refractivity contribution in [2.75, 3.05) is 5.32 Å². The Balaban J connectivity index is 2.03. The van der Waals surface area contributed by atoms with E-state index in [-0.39, 0.29) is 12.3 Å². The maximum Gasteiger partial charge on any atom is 0.303 e. The van der Waals surface area contributed by atoms with Crippen LogP contribution < -0.4 is 5.32 Å². The predicted molar refractivity (Wildman–Crippen MR) is 84.0 cm³/mol. The van der Waals surface area contributed by atoms with Gasteiger partial charge in [0.1, 0.15) is 0 Å². The Bertz CT molecular complexity index is 648. The first-order chi connectivity index (χ1) is 10.1. The molecule has 4 nitrogen and oxygen atoms in total. The largest absolute Gasteiger partial charge is 0.481 e. The summed E-state index contributed by atoms with van der Waals surface area (Å²) in [6.07, 6.45) is 1.46. The Morgan fingerprint density at radius 2 is 2.05 bits per heavy atom. The molecular weight excluding hydrogens is 286 g/mol. The Labute approximate surface area is 127 Å². The highest BCUT2D eigenvalue weighted by Crippen LogP contribution is 2.19. The van der Waals surface area contributed by atoms with E-state index in [2.05, 4.69) is 12.2 Å². The minimum absolute atomic E-state index is 0.0855. The third-order valence-electron chi connectivity index (χ3n) is 3.05. The summed E-state index contributed by atoms with van der Waals surface area (Å²) in [5, 5.41) is 11.5. The van der Waals surface area contributed by atoms with E-state index < -0.39 is 5.97 Å². The fraction of sp³-hybridized carbons (Fsp3) is 0.250. The number of nitrogens with one attached hydrogen (secondary N) is 1. The third-order valence-corrected chi connectivity index (χ3v) is 4.27. The molecule has 0 bridgehead atoms. The first kappa shape index (κ1) is 15.3. The number of carbonyl (C=O) groups is 2. The number of carbonyl (C=O) groups excluding carboxylic acids is 1. The summed E-state index contributed by atoms with van der Waals surface area (Å²) in [6.45, 7) is 2.06. The van der Waals surface area contributed by atoms with Gasteiger partial charge in [0.05, 0.1) is 4.88 Å². The normalized spacial score (nSPS) is 10.3. The molecule has 0 radical (unpaired) electrons. The first-order valence-corrected chi connectivity index (χ1v) is 7.61. The highest BCUT2D eigenvalue weighted by atomic mass is 32.1. The van der Waals surface area contributed by atoms with Crippen LogP contribution in [0.2, 0.25) is 0 Å². The number of amides is 1. The van der Waals surface area contributed by atoms with E-state index in [9.17, 15) is 9.59 Å². The number of rotatable bonds is 6. The molecule has 1 amide bonds. The molecule has 0 spiro atoms. The maximum atomic E-state index is 12.1. The summed E-state index contributed by atoms with van der Waals surface area (Å²) in [6, 6.07) is 11.1. The van der Waals surface area contributed by atoms with Crippen molar-refractivity contribution in [3.05, 3.63) is 51.7 Å². The minimum Gasteiger partial charge on any atom is -0.481 e. The molecule has 1 aromatic carbocycles. The van der Waals surface area contributed by atoms with Crippen LogP contribution >= 0.6 is 11.3 Å². The molecule has 110 valence electrons. The second-order valence-corrected chi connectivity index (χ2v) is 5.84. The Morgan fingerprint density at radius 3 is 2.71 bits per heavy atom. The van der Waals surface area contributed by atoms with Gasteiger partial charge in [-0.15, -0.1) is 11.3 Å². The van der Waals surface area contributed by atoms with Gasteiger partial charge >= 0.3 is 5.97 Å². The number of anilines is 1. The number of benzene rings is 1. The van der Waals surface area contributed by atoms with Crippen molar-refractivity contribution >= 4 is 28.9 Å². The van der Waals surface area contributed by atoms with E-state index in [1.54, 1.807) is 6.07 Å². The number of aliphatic carboxylic acids is 1. The summed E-state index contributed by atoms with van der Waals surface area (Å²) in [5.74, 6) is -0.954. The fourth-order valence-electron chi connectivity index (χ4n) is 1.94. The lowest BCUT2D eigenvalue weighted by molar-refractivity contribution is -0.136. The fourth-order valence-corrected chi connectivity index (χ4v) is 2.78. The van der Waals surface area contributed by atoms with Crippen molar-refractivity contribution in [2.24, 2.45) is 0 Å². The number of carboxylic acids is 1. The molecule has 0 saturated carbocycles. The van der Waals surface area contributed by atoms with Crippen molar-refractivity contribution in [1.29, 1.82) is 0 Å². The second-order valence-electron chi connectivity index (χ2n) is 4.67. The summed E-state index contributed by atoms with van der Waals surface area (Å²) >= 11 is 1.49. The van der Waals surface area contributed by atoms with E-state index >= 15 is 0 Å². The monoisotopic (exact) mass is 303 g/mol. The van der Waals surface area contributed by atoms with Crippen molar-refractivity contribution < 1.29 is 14.7 Å². The van der Waals surface area contributed by atoms with Crippen LogP contribution in [0, 0.1) is 0 Å². The second kappa shape index (κ2) is 7.04. The zero-order chi connectivity index (χ0) is 15.2. The quantitative estimate of drug-likeness (QED) is 0.857. The van der Waals surface area contributed by atoms with Gasteiger partial charge in [0.15, 0.2) is 0 Å². The highest BCUT2D eigenvalue weighted by Gasteiger charge is 2.09. The van der Waals surface area contributed by atoms with E-state index in [4.69, 9.17) is 5.11 Å². The molecule has 0 atom stereocenters. The van der Waals surface area contributed by atoms with Crippen LogP contribution in [0.4, 0.5) is 5.69 Å². The lowest BCUT2D eigenvalue weighted by Gasteiger charge is -2.06. The first-order valence-electron chi connectivity index (χ1n) is 6.79. The van der Waals surface area contributed by atoms with E-state index in [1.165, 1.54) is 16.2 Å². The number of carboxylic acid groups (broad SMARTS) is 1. The predicted octanol–water partition coefficient (Wildman–Crippen LogP) is 3.58. The lowest BCUT2D eigenvalue weighted by Crippen LogP contribution is -2.10. The summed E-state index contributed by atoms with van der Waals surface area (Å²) in [7, 11) is 0. The Kier molecular flexibility index (Phi) is 5.11. The molecule has 0 aliphatic rings. The number of thiophene rings is 1. The van der Waals surface area contributed by atoms with Gasteiger partial charge in [-0.3, -0.25) is 9.59 Å². The van der Waals surface area contributed by atoms with Gasteiger partial charge < -0.3 is 10.4 Å². The average Bonchev–Trinajstić information content (AvgIpc) is 2.94. The van der Waals surface area contributed by atoms with Crippen LogP contribution in [0.3, 0.4) is 0 Å². The topological polar surface area (TPSA) is 66.4 Å². The van der Waals surface area contributed by atoms with Crippen LogP contribution in [0.5, 0.6) is 0 Å².